The van der Waals surface area contributed by atoms with Gasteiger partial charge in [-0.3, -0.25) is 0 Å². The van der Waals surface area contributed by atoms with E-state index >= 15 is 0 Å². The summed E-state index contributed by atoms with van der Waals surface area (Å²) < 4.78 is 0. The third kappa shape index (κ3) is 1.80. The maximum Gasteiger partial charge on any atom is 0.0211 e. The number of aryl methyl sites for hydroxylation is 1. The van der Waals surface area contributed by atoms with Crippen molar-refractivity contribution >= 4 is 10.8 Å². The lowest BCUT2D eigenvalue weighted by molar-refractivity contribution is 1.08. The van der Waals surface area contributed by atoms with Gasteiger partial charge in [-0.2, -0.15) is 0 Å². The lowest BCUT2D eigenvalue weighted by Crippen LogP contribution is -1.93. The minimum Gasteiger partial charge on any atom is -0.0732 e. The second-order valence-corrected chi connectivity index (χ2v) is 4.56. The molecule has 2 aromatic carbocycles. The van der Waals surface area contributed by atoms with E-state index in [2.05, 4.69) is 67.6 Å². The van der Waals surface area contributed by atoms with Crippen molar-refractivity contribution in [1.29, 1.82) is 0 Å². The molecule has 0 saturated heterocycles. The molecule has 84 valence electrons. The highest BCUT2D eigenvalue weighted by atomic mass is 14.2. The molecular weight excluding hydrogens is 204 g/mol. The van der Waals surface area contributed by atoms with E-state index < -0.39 is 0 Å². The minimum atomic E-state index is 0.450. The van der Waals surface area contributed by atoms with Crippen LogP contribution in [0.5, 0.6) is 0 Å². The SMILES string of the molecule is CCc1cc(C2C=CC=C2)c2ccccc2c1. The van der Waals surface area contributed by atoms with Gasteiger partial charge in [-0.15, -0.1) is 0 Å². The second kappa shape index (κ2) is 4.21. The summed E-state index contributed by atoms with van der Waals surface area (Å²) in [7, 11) is 0. The average Bonchev–Trinajstić information content (AvgIpc) is 2.91. The fourth-order valence-corrected chi connectivity index (χ4v) is 2.52. The van der Waals surface area contributed by atoms with Crippen LogP contribution in [-0.4, -0.2) is 0 Å². The topological polar surface area (TPSA) is 0 Å². The summed E-state index contributed by atoms with van der Waals surface area (Å²) in [6, 6.07) is 13.3. The quantitative estimate of drug-likeness (QED) is 0.693. The van der Waals surface area contributed by atoms with Crippen LogP contribution in [0.4, 0.5) is 0 Å². The van der Waals surface area contributed by atoms with E-state index in [4.69, 9.17) is 0 Å². The Morgan fingerprint density at radius 2 is 1.76 bits per heavy atom. The average molecular weight is 220 g/mol. The third-order valence-electron chi connectivity index (χ3n) is 3.47. The van der Waals surface area contributed by atoms with Crippen molar-refractivity contribution in [2.45, 2.75) is 19.3 Å². The highest BCUT2D eigenvalue weighted by Crippen LogP contribution is 2.31. The van der Waals surface area contributed by atoms with Crippen molar-refractivity contribution in [3.05, 3.63) is 71.8 Å². The fourth-order valence-electron chi connectivity index (χ4n) is 2.52. The number of fused-ring (bicyclic) bond motifs is 1. The van der Waals surface area contributed by atoms with Crippen molar-refractivity contribution in [3.63, 3.8) is 0 Å². The van der Waals surface area contributed by atoms with Gasteiger partial charge in [0.05, 0.1) is 0 Å². The van der Waals surface area contributed by atoms with E-state index in [-0.39, 0.29) is 0 Å². The Morgan fingerprint density at radius 1 is 1.00 bits per heavy atom. The first-order chi connectivity index (χ1) is 8.38. The van der Waals surface area contributed by atoms with Crippen molar-refractivity contribution in [2.75, 3.05) is 0 Å². The summed E-state index contributed by atoms with van der Waals surface area (Å²) in [5.41, 5.74) is 2.86. The van der Waals surface area contributed by atoms with Gasteiger partial charge < -0.3 is 0 Å². The molecule has 0 N–H and O–H groups in total. The Bertz CT molecular complexity index is 590. The van der Waals surface area contributed by atoms with Gasteiger partial charge in [-0.1, -0.05) is 67.6 Å². The van der Waals surface area contributed by atoms with Gasteiger partial charge in [0.15, 0.2) is 0 Å². The van der Waals surface area contributed by atoms with Gasteiger partial charge in [0.25, 0.3) is 0 Å². The largest absolute Gasteiger partial charge is 0.0732 e. The predicted molar refractivity (Wildman–Crippen MR) is 74.3 cm³/mol. The van der Waals surface area contributed by atoms with Gasteiger partial charge in [-0.25, -0.2) is 0 Å². The van der Waals surface area contributed by atoms with E-state index in [1.807, 2.05) is 0 Å². The van der Waals surface area contributed by atoms with E-state index in [0.29, 0.717) is 5.92 Å². The van der Waals surface area contributed by atoms with Crippen LogP contribution in [0.2, 0.25) is 0 Å². The Balaban J connectivity index is 2.26. The molecule has 3 rings (SSSR count). The smallest absolute Gasteiger partial charge is 0.0211 e. The predicted octanol–water partition coefficient (Wildman–Crippen LogP) is 4.61. The fraction of sp³-hybridized carbons (Fsp3) is 0.176. The molecule has 2 aromatic rings. The monoisotopic (exact) mass is 220 g/mol. The highest BCUT2D eigenvalue weighted by Gasteiger charge is 2.11. The molecule has 0 heterocycles. The lowest BCUT2D eigenvalue weighted by Gasteiger charge is -2.12. The molecule has 0 fully saturated rings. The van der Waals surface area contributed by atoms with Crippen LogP contribution in [0, 0.1) is 0 Å². The van der Waals surface area contributed by atoms with Crippen LogP contribution in [0.15, 0.2) is 60.7 Å². The summed E-state index contributed by atoms with van der Waals surface area (Å²) in [4.78, 5) is 0. The van der Waals surface area contributed by atoms with Crippen LogP contribution in [-0.2, 0) is 6.42 Å². The number of benzene rings is 2. The Morgan fingerprint density at radius 3 is 2.53 bits per heavy atom. The van der Waals surface area contributed by atoms with Crippen LogP contribution < -0.4 is 0 Å². The molecule has 0 unspecified atom stereocenters. The molecule has 0 aromatic heterocycles. The van der Waals surface area contributed by atoms with Gasteiger partial charge >= 0.3 is 0 Å². The molecular formula is C17H16. The molecule has 0 heteroatoms. The molecule has 0 nitrogen and oxygen atoms in total. The number of allylic oxidation sites excluding steroid dienone is 4. The maximum absolute atomic E-state index is 2.35. The minimum absolute atomic E-state index is 0.450. The molecule has 0 spiro atoms. The number of hydrogen-bond acceptors (Lipinski definition) is 0. The van der Waals surface area contributed by atoms with Gasteiger partial charge in [-0.05, 0) is 28.3 Å². The van der Waals surface area contributed by atoms with Gasteiger partial charge in [0.2, 0.25) is 0 Å². The third-order valence-corrected chi connectivity index (χ3v) is 3.47. The normalized spacial score (nSPS) is 14.9. The zero-order valence-corrected chi connectivity index (χ0v) is 10.1. The maximum atomic E-state index is 2.35. The first kappa shape index (κ1) is 10.3. The van der Waals surface area contributed by atoms with E-state index in [9.17, 15) is 0 Å². The van der Waals surface area contributed by atoms with Crippen LogP contribution in [0.25, 0.3) is 10.8 Å². The molecule has 1 aliphatic rings. The van der Waals surface area contributed by atoms with Crippen molar-refractivity contribution in [1.82, 2.24) is 0 Å². The first-order valence-corrected chi connectivity index (χ1v) is 6.25. The van der Waals surface area contributed by atoms with E-state index in [1.165, 1.54) is 21.9 Å². The molecule has 17 heavy (non-hydrogen) atoms. The summed E-state index contributed by atoms with van der Waals surface area (Å²) in [6.07, 6.45) is 9.90. The van der Waals surface area contributed by atoms with E-state index in [1.54, 1.807) is 0 Å². The van der Waals surface area contributed by atoms with Crippen molar-refractivity contribution in [3.8, 4) is 0 Å². The molecule has 0 saturated carbocycles. The van der Waals surface area contributed by atoms with Crippen LogP contribution in [0.1, 0.15) is 24.0 Å². The highest BCUT2D eigenvalue weighted by molar-refractivity contribution is 5.87. The molecule has 0 atom stereocenters. The van der Waals surface area contributed by atoms with Crippen molar-refractivity contribution in [2.24, 2.45) is 0 Å². The Kier molecular flexibility index (Phi) is 2.56. The molecule has 0 aliphatic heterocycles. The summed E-state index contributed by atoms with van der Waals surface area (Å²) in [6.45, 7) is 2.22. The summed E-state index contributed by atoms with van der Waals surface area (Å²) >= 11 is 0. The van der Waals surface area contributed by atoms with Crippen LogP contribution >= 0.6 is 0 Å². The first-order valence-electron chi connectivity index (χ1n) is 6.25. The van der Waals surface area contributed by atoms with E-state index in [0.717, 1.165) is 6.42 Å². The molecule has 0 radical (unpaired) electrons. The summed E-state index contributed by atoms with van der Waals surface area (Å²) in [5.74, 6) is 0.450. The Hall–Kier alpha value is -1.82. The zero-order valence-electron chi connectivity index (χ0n) is 10.1. The standard InChI is InChI=1S/C17H16/c1-2-13-11-15-9-5-6-10-16(15)17(12-13)14-7-3-4-8-14/h3-12,14H,2H2,1H3. The van der Waals surface area contributed by atoms with Gasteiger partial charge in [0.1, 0.15) is 0 Å². The van der Waals surface area contributed by atoms with Gasteiger partial charge in [0, 0.05) is 5.92 Å². The lowest BCUT2D eigenvalue weighted by atomic mass is 9.92. The Labute approximate surface area is 102 Å². The zero-order chi connectivity index (χ0) is 11.7. The summed E-state index contributed by atoms with van der Waals surface area (Å²) in [5, 5.41) is 2.74. The molecule has 0 bridgehead atoms. The van der Waals surface area contributed by atoms with Crippen LogP contribution in [0.3, 0.4) is 0 Å². The molecule has 0 amide bonds. The second-order valence-electron chi connectivity index (χ2n) is 4.56. The number of rotatable bonds is 2. The van der Waals surface area contributed by atoms with Crippen molar-refractivity contribution < 1.29 is 0 Å². The molecule has 1 aliphatic carbocycles. The number of hydrogen-bond donors (Lipinski definition) is 0.